The number of hydrogen-bond donors (Lipinski definition) is 2. The van der Waals surface area contributed by atoms with E-state index in [0.717, 1.165) is 0 Å². The summed E-state index contributed by atoms with van der Waals surface area (Å²) in [7, 11) is 0. The molecule has 116 valence electrons. The van der Waals surface area contributed by atoms with Crippen molar-refractivity contribution in [2.75, 3.05) is 5.32 Å². The third-order valence-corrected chi connectivity index (χ3v) is 2.64. The number of nitro benzene ring substituents is 1. The van der Waals surface area contributed by atoms with E-state index < -0.39 is 4.92 Å². The van der Waals surface area contributed by atoms with E-state index in [9.17, 15) is 20.0 Å². The van der Waals surface area contributed by atoms with Crippen molar-refractivity contribution in [1.29, 1.82) is 0 Å². The third-order valence-electron chi connectivity index (χ3n) is 2.64. The van der Waals surface area contributed by atoms with Gasteiger partial charge in [0.1, 0.15) is 5.75 Å². The van der Waals surface area contributed by atoms with Gasteiger partial charge in [0.05, 0.1) is 11.3 Å². The van der Waals surface area contributed by atoms with Crippen LogP contribution in [0.5, 0.6) is 5.75 Å². The van der Waals surface area contributed by atoms with Crippen molar-refractivity contribution in [3.63, 3.8) is 0 Å². The normalized spacial score (nSPS) is 9.36. The number of non-ortho nitro benzene ring substituents is 1. The van der Waals surface area contributed by atoms with E-state index in [1.54, 1.807) is 24.3 Å². The molecule has 0 saturated heterocycles. The van der Waals surface area contributed by atoms with E-state index in [1.165, 1.54) is 24.3 Å². The Morgan fingerprint density at radius 1 is 1.18 bits per heavy atom. The second kappa shape index (κ2) is 8.41. The molecule has 0 radical (unpaired) electrons. The molecule has 0 bridgehead atoms. The summed E-state index contributed by atoms with van der Waals surface area (Å²) in [6.07, 6.45) is 0.105. The summed E-state index contributed by atoms with van der Waals surface area (Å²) in [6, 6.07) is 12.0. The molecule has 0 aliphatic heterocycles. The highest BCUT2D eigenvalue weighted by atomic mass is 16.6. The average Bonchev–Trinajstić information content (AvgIpc) is 2.49. The quantitative estimate of drug-likeness (QED) is 0.667. The zero-order chi connectivity index (χ0) is 16.5. The van der Waals surface area contributed by atoms with Crippen molar-refractivity contribution in [1.82, 2.24) is 0 Å². The second-order valence-corrected chi connectivity index (χ2v) is 4.20. The Morgan fingerprint density at radius 3 is 2.36 bits per heavy atom. The van der Waals surface area contributed by atoms with E-state index in [2.05, 4.69) is 5.32 Å². The molecule has 0 spiro atoms. The Hall–Kier alpha value is -2.89. The second-order valence-electron chi connectivity index (χ2n) is 4.20. The molecule has 0 unspecified atom stereocenters. The van der Waals surface area contributed by atoms with Gasteiger partial charge < -0.3 is 10.4 Å². The monoisotopic (exact) mass is 302 g/mol. The zero-order valence-corrected chi connectivity index (χ0v) is 12.4. The Kier molecular flexibility index (Phi) is 6.56. The zero-order valence-electron chi connectivity index (χ0n) is 12.4. The van der Waals surface area contributed by atoms with Gasteiger partial charge in [-0.2, -0.15) is 0 Å². The lowest BCUT2D eigenvalue weighted by molar-refractivity contribution is -0.384. The molecule has 22 heavy (non-hydrogen) atoms. The standard InChI is InChI=1S/C14H12N2O4.C2H6/c17-13-3-1-2-11(9-13)15-14(18)8-10-4-6-12(7-5-10)16(19)20;1-2/h1-7,9,17H,8H2,(H,15,18);1-2H3. The molecule has 0 aromatic heterocycles. The van der Waals surface area contributed by atoms with Gasteiger partial charge in [-0.3, -0.25) is 14.9 Å². The summed E-state index contributed by atoms with van der Waals surface area (Å²) in [4.78, 5) is 21.8. The van der Waals surface area contributed by atoms with Gasteiger partial charge in [-0.05, 0) is 17.7 Å². The van der Waals surface area contributed by atoms with Crippen LogP contribution in [0.1, 0.15) is 19.4 Å². The fourth-order valence-electron chi connectivity index (χ4n) is 1.71. The van der Waals surface area contributed by atoms with Crippen LogP contribution in [0.25, 0.3) is 0 Å². The Balaban J connectivity index is 0.00000116. The summed E-state index contributed by atoms with van der Waals surface area (Å²) < 4.78 is 0. The Labute approximate surface area is 128 Å². The summed E-state index contributed by atoms with van der Waals surface area (Å²) in [5, 5.41) is 22.4. The maximum atomic E-state index is 11.8. The van der Waals surface area contributed by atoms with Gasteiger partial charge in [0, 0.05) is 23.9 Å². The first-order valence-corrected chi connectivity index (χ1v) is 6.87. The van der Waals surface area contributed by atoms with Crippen LogP contribution < -0.4 is 5.32 Å². The van der Waals surface area contributed by atoms with E-state index in [-0.39, 0.29) is 23.8 Å². The van der Waals surface area contributed by atoms with Crippen LogP contribution in [0.2, 0.25) is 0 Å². The van der Waals surface area contributed by atoms with Crippen LogP contribution in [0.3, 0.4) is 0 Å². The number of carbonyl (C=O) groups excluding carboxylic acids is 1. The molecular weight excluding hydrogens is 284 g/mol. The number of phenolic OH excluding ortho intramolecular Hbond substituents is 1. The molecule has 0 fully saturated rings. The van der Waals surface area contributed by atoms with Crippen molar-refractivity contribution >= 4 is 17.3 Å². The number of nitrogens with one attached hydrogen (secondary N) is 1. The smallest absolute Gasteiger partial charge is 0.269 e. The molecule has 0 aliphatic rings. The number of rotatable bonds is 4. The fraction of sp³-hybridized carbons (Fsp3) is 0.188. The number of aromatic hydroxyl groups is 1. The topological polar surface area (TPSA) is 92.5 Å². The maximum absolute atomic E-state index is 11.8. The minimum Gasteiger partial charge on any atom is -0.508 e. The Bertz CT molecular complexity index is 639. The lowest BCUT2D eigenvalue weighted by Gasteiger charge is -2.05. The van der Waals surface area contributed by atoms with Crippen molar-refractivity contribution in [2.45, 2.75) is 20.3 Å². The van der Waals surface area contributed by atoms with Gasteiger partial charge in [-0.25, -0.2) is 0 Å². The third kappa shape index (κ3) is 5.24. The van der Waals surface area contributed by atoms with E-state index in [0.29, 0.717) is 11.3 Å². The molecule has 0 saturated carbocycles. The first-order valence-electron chi connectivity index (χ1n) is 6.87. The van der Waals surface area contributed by atoms with Crippen LogP contribution in [-0.2, 0) is 11.2 Å². The Morgan fingerprint density at radius 2 is 1.82 bits per heavy atom. The minimum absolute atomic E-state index is 0.0119. The van der Waals surface area contributed by atoms with Gasteiger partial charge in [-0.15, -0.1) is 0 Å². The minimum atomic E-state index is -0.489. The van der Waals surface area contributed by atoms with Gasteiger partial charge >= 0.3 is 0 Å². The summed E-state index contributed by atoms with van der Waals surface area (Å²) >= 11 is 0. The van der Waals surface area contributed by atoms with Crippen molar-refractivity contribution in [3.8, 4) is 5.75 Å². The number of benzene rings is 2. The van der Waals surface area contributed by atoms with Crippen LogP contribution in [0.4, 0.5) is 11.4 Å². The fourth-order valence-corrected chi connectivity index (χ4v) is 1.71. The molecule has 6 nitrogen and oxygen atoms in total. The van der Waals surface area contributed by atoms with Crippen molar-refractivity contribution < 1.29 is 14.8 Å². The number of carbonyl (C=O) groups is 1. The molecule has 2 aromatic carbocycles. The van der Waals surface area contributed by atoms with Crippen molar-refractivity contribution in [3.05, 3.63) is 64.2 Å². The molecule has 0 heterocycles. The van der Waals surface area contributed by atoms with Gasteiger partial charge in [0.2, 0.25) is 5.91 Å². The lowest BCUT2D eigenvalue weighted by Crippen LogP contribution is -2.14. The van der Waals surface area contributed by atoms with Crippen molar-refractivity contribution in [2.24, 2.45) is 0 Å². The molecule has 0 aliphatic carbocycles. The summed E-state index contributed by atoms with van der Waals surface area (Å²) in [6.45, 7) is 4.00. The highest BCUT2D eigenvalue weighted by Gasteiger charge is 2.07. The molecule has 2 aromatic rings. The molecule has 1 amide bonds. The first-order chi connectivity index (χ1) is 10.5. The highest BCUT2D eigenvalue weighted by Crippen LogP contribution is 2.16. The van der Waals surface area contributed by atoms with E-state index >= 15 is 0 Å². The van der Waals surface area contributed by atoms with Gasteiger partial charge in [0.25, 0.3) is 5.69 Å². The van der Waals surface area contributed by atoms with E-state index in [1.807, 2.05) is 13.8 Å². The first kappa shape index (κ1) is 17.2. The molecule has 0 atom stereocenters. The molecule has 2 N–H and O–H groups in total. The van der Waals surface area contributed by atoms with E-state index in [4.69, 9.17) is 0 Å². The molecule has 2 rings (SSSR count). The summed E-state index contributed by atoms with van der Waals surface area (Å²) in [5.41, 5.74) is 1.16. The van der Waals surface area contributed by atoms with Crippen LogP contribution in [0.15, 0.2) is 48.5 Å². The SMILES string of the molecule is CC.O=C(Cc1ccc([N+](=O)[O-])cc1)Nc1cccc(O)c1. The van der Waals surface area contributed by atoms with Gasteiger partial charge in [-0.1, -0.05) is 32.0 Å². The highest BCUT2D eigenvalue weighted by molar-refractivity contribution is 5.92. The number of hydrogen-bond acceptors (Lipinski definition) is 4. The average molecular weight is 302 g/mol. The van der Waals surface area contributed by atoms with Gasteiger partial charge in [0.15, 0.2) is 0 Å². The number of anilines is 1. The molecular formula is C16H18N2O4. The number of amides is 1. The molecule has 6 heteroatoms. The van der Waals surface area contributed by atoms with Crippen LogP contribution in [0, 0.1) is 10.1 Å². The van der Waals surface area contributed by atoms with Crippen LogP contribution >= 0.6 is 0 Å². The number of phenols is 1. The summed E-state index contributed by atoms with van der Waals surface area (Å²) in [5.74, 6) is -0.192. The number of nitro groups is 1. The van der Waals surface area contributed by atoms with Crippen LogP contribution in [-0.4, -0.2) is 15.9 Å². The number of nitrogens with zero attached hydrogens (tertiary/aromatic N) is 1. The predicted molar refractivity (Wildman–Crippen MR) is 84.9 cm³/mol. The maximum Gasteiger partial charge on any atom is 0.269 e. The lowest BCUT2D eigenvalue weighted by atomic mass is 10.1. The largest absolute Gasteiger partial charge is 0.508 e. The predicted octanol–water partition coefficient (Wildman–Crippen LogP) is 3.51.